The maximum Gasteiger partial charge on any atom is 0.221 e. The number of aliphatic hydroxyl groups excluding tert-OH is 1. The Labute approximate surface area is 167 Å². The molecular weight excluding hydrogens is 372 g/mol. The van der Waals surface area contributed by atoms with Crippen LogP contribution < -0.4 is 10.5 Å². The van der Waals surface area contributed by atoms with Crippen molar-refractivity contribution in [2.24, 2.45) is 0 Å². The normalized spacial score (nSPS) is 11.9. The number of methoxy groups -OCH3 is 1. The molecule has 3 aromatic heterocycles. The van der Waals surface area contributed by atoms with E-state index < -0.39 is 5.54 Å². The van der Waals surface area contributed by atoms with E-state index >= 15 is 0 Å². The number of para-hydroxylation sites is 1. The molecule has 4 rings (SSSR count). The third kappa shape index (κ3) is 3.49. The molecule has 0 atom stereocenters. The highest BCUT2D eigenvalue weighted by atomic mass is 16.5. The average Bonchev–Trinajstić information content (AvgIpc) is 3.37. The Morgan fingerprint density at radius 1 is 1.21 bits per heavy atom. The third-order valence-corrected chi connectivity index (χ3v) is 4.68. The summed E-state index contributed by atoms with van der Waals surface area (Å²) >= 11 is 0. The predicted octanol–water partition coefficient (Wildman–Crippen LogP) is 1.45. The fourth-order valence-electron chi connectivity index (χ4n) is 3.01. The lowest BCUT2D eigenvalue weighted by molar-refractivity contribution is 0.151. The van der Waals surface area contributed by atoms with E-state index in [4.69, 9.17) is 10.5 Å². The van der Waals surface area contributed by atoms with Gasteiger partial charge in [0.1, 0.15) is 22.7 Å². The van der Waals surface area contributed by atoms with E-state index in [1.54, 1.807) is 22.7 Å². The van der Waals surface area contributed by atoms with Crippen molar-refractivity contribution in [2.45, 2.75) is 25.9 Å². The van der Waals surface area contributed by atoms with Crippen LogP contribution in [0.4, 0.5) is 5.95 Å². The van der Waals surface area contributed by atoms with Gasteiger partial charge >= 0.3 is 0 Å². The molecular formula is C19H22N8O2. The van der Waals surface area contributed by atoms with Crippen LogP contribution >= 0.6 is 0 Å². The summed E-state index contributed by atoms with van der Waals surface area (Å²) in [6, 6.07) is 7.47. The minimum atomic E-state index is -0.470. The van der Waals surface area contributed by atoms with Crippen LogP contribution in [0.15, 0.2) is 36.7 Å². The molecule has 3 N–H and O–H groups in total. The summed E-state index contributed by atoms with van der Waals surface area (Å²) in [5.74, 6) is 0.749. The van der Waals surface area contributed by atoms with Gasteiger partial charge in [-0.25, -0.2) is 14.6 Å². The van der Waals surface area contributed by atoms with Crippen molar-refractivity contribution in [3.8, 4) is 17.1 Å². The average molecular weight is 394 g/mol. The number of nitrogens with two attached hydrogens (primary N) is 1. The standard InChI is InChI=1S/C19H22N8O2/c1-19(2,11-28)27-8-7-12(24-27)9-26-10-14(23-25-26)16-13-5-4-6-15(29-3)17(13)22-18(20)21-16/h4-8,10,28H,9,11H2,1-3H3,(H2,20,21,22). The summed E-state index contributed by atoms with van der Waals surface area (Å²) in [6.45, 7) is 4.25. The van der Waals surface area contributed by atoms with E-state index in [1.165, 1.54) is 0 Å². The summed E-state index contributed by atoms with van der Waals surface area (Å²) in [4.78, 5) is 8.66. The molecule has 3 heterocycles. The second-order valence-electron chi connectivity index (χ2n) is 7.31. The van der Waals surface area contributed by atoms with Crippen LogP contribution in [0.25, 0.3) is 22.3 Å². The first-order valence-electron chi connectivity index (χ1n) is 9.08. The number of fused-ring (bicyclic) bond motifs is 1. The third-order valence-electron chi connectivity index (χ3n) is 4.68. The Morgan fingerprint density at radius 2 is 2.03 bits per heavy atom. The Morgan fingerprint density at radius 3 is 2.79 bits per heavy atom. The van der Waals surface area contributed by atoms with Gasteiger partial charge in [-0.1, -0.05) is 17.3 Å². The van der Waals surface area contributed by atoms with Crippen molar-refractivity contribution < 1.29 is 9.84 Å². The molecule has 0 unspecified atom stereocenters. The molecule has 10 nitrogen and oxygen atoms in total. The molecule has 0 radical (unpaired) electrons. The van der Waals surface area contributed by atoms with E-state index in [-0.39, 0.29) is 12.6 Å². The number of nitrogen functional groups attached to an aromatic ring is 1. The summed E-state index contributed by atoms with van der Waals surface area (Å²) in [5.41, 5.74) is 8.03. The van der Waals surface area contributed by atoms with Crippen LogP contribution in [0.1, 0.15) is 19.5 Å². The number of hydrogen-bond acceptors (Lipinski definition) is 8. The fraction of sp³-hybridized carbons (Fsp3) is 0.316. The smallest absolute Gasteiger partial charge is 0.221 e. The van der Waals surface area contributed by atoms with Gasteiger partial charge in [0.05, 0.1) is 37.7 Å². The molecule has 0 spiro atoms. The summed E-state index contributed by atoms with van der Waals surface area (Å²) in [7, 11) is 1.58. The van der Waals surface area contributed by atoms with E-state index in [2.05, 4.69) is 25.4 Å². The molecule has 10 heteroatoms. The van der Waals surface area contributed by atoms with Crippen LogP contribution in [-0.2, 0) is 12.1 Å². The van der Waals surface area contributed by atoms with Gasteiger partial charge in [0.2, 0.25) is 5.95 Å². The zero-order valence-electron chi connectivity index (χ0n) is 16.4. The Bertz CT molecular complexity index is 1160. The van der Waals surface area contributed by atoms with Gasteiger partial charge in [-0.3, -0.25) is 4.68 Å². The molecule has 4 aromatic rings. The Balaban J connectivity index is 1.67. The number of benzene rings is 1. The maximum absolute atomic E-state index is 9.50. The van der Waals surface area contributed by atoms with Gasteiger partial charge in [-0.15, -0.1) is 5.10 Å². The number of rotatable bonds is 6. The number of nitrogens with zero attached hydrogens (tertiary/aromatic N) is 7. The number of hydrogen-bond donors (Lipinski definition) is 2. The van der Waals surface area contributed by atoms with Gasteiger partial charge in [0.15, 0.2) is 0 Å². The van der Waals surface area contributed by atoms with Crippen LogP contribution in [0.2, 0.25) is 0 Å². The highest BCUT2D eigenvalue weighted by Gasteiger charge is 2.20. The number of aromatic nitrogens is 7. The van der Waals surface area contributed by atoms with Crippen molar-refractivity contribution in [3.05, 3.63) is 42.4 Å². The minimum Gasteiger partial charge on any atom is -0.494 e. The molecule has 0 saturated carbocycles. The molecule has 0 aliphatic carbocycles. The van der Waals surface area contributed by atoms with Gasteiger partial charge in [-0.2, -0.15) is 5.10 Å². The van der Waals surface area contributed by atoms with Crippen molar-refractivity contribution in [1.82, 2.24) is 34.7 Å². The largest absolute Gasteiger partial charge is 0.494 e. The number of ether oxygens (including phenoxy) is 1. The Hall–Kier alpha value is -3.53. The first kappa shape index (κ1) is 18.8. The predicted molar refractivity (Wildman–Crippen MR) is 107 cm³/mol. The molecule has 0 aliphatic rings. The van der Waals surface area contributed by atoms with Crippen LogP contribution in [0, 0.1) is 0 Å². The van der Waals surface area contributed by atoms with E-state index in [1.807, 2.05) is 44.3 Å². The fourth-order valence-corrected chi connectivity index (χ4v) is 3.01. The van der Waals surface area contributed by atoms with E-state index in [9.17, 15) is 5.11 Å². The molecule has 29 heavy (non-hydrogen) atoms. The lowest BCUT2D eigenvalue weighted by atomic mass is 10.1. The molecule has 150 valence electrons. The SMILES string of the molecule is COc1cccc2c(-c3cn(Cc4ccn(C(C)(C)CO)n4)nn3)nc(N)nc12. The zero-order valence-corrected chi connectivity index (χ0v) is 16.4. The maximum atomic E-state index is 9.50. The first-order valence-corrected chi connectivity index (χ1v) is 9.08. The van der Waals surface area contributed by atoms with Gasteiger partial charge < -0.3 is 15.6 Å². The second kappa shape index (κ2) is 7.13. The lowest BCUT2D eigenvalue weighted by Crippen LogP contribution is -2.31. The van der Waals surface area contributed by atoms with Crippen molar-refractivity contribution in [1.29, 1.82) is 0 Å². The summed E-state index contributed by atoms with van der Waals surface area (Å²) in [6.07, 6.45) is 3.63. The molecule has 1 aromatic carbocycles. The van der Waals surface area contributed by atoms with Gasteiger partial charge in [0.25, 0.3) is 0 Å². The number of aliphatic hydroxyl groups is 1. The topological polar surface area (TPSA) is 130 Å². The van der Waals surface area contributed by atoms with Crippen molar-refractivity contribution in [2.75, 3.05) is 19.5 Å². The molecule has 0 fully saturated rings. The number of anilines is 1. The monoisotopic (exact) mass is 394 g/mol. The molecule has 0 aliphatic heterocycles. The molecule has 0 amide bonds. The van der Waals surface area contributed by atoms with Crippen molar-refractivity contribution in [3.63, 3.8) is 0 Å². The van der Waals surface area contributed by atoms with Crippen molar-refractivity contribution >= 4 is 16.9 Å². The van der Waals surface area contributed by atoms with Crippen LogP contribution in [0.5, 0.6) is 5.75 Å². The quantitative estimate of drug-likeness (QED) is 0.503. The molecule has 0 saturated heterocycles. The Kier molecular flexibility index (Phi) is 4.63. The first-order chi connectivity index (χ1) is 13.9. The van der Waals surface area contributed by atoms with Gasteiger partial charge in [-0.05, 0) is 26.0 Å². The van der Waals surface area contributed by atoms with Gasteiger partial charge in [0, 0.05) is 11.6 Å². The highest BCUT2D eigenvalue weighted by molar-refractivity contribution is 5.95. The lowest BCUT2D eigenvalue weighted by Gasteiger charge is -2.22. The van der Waals surface area contributed by atoms with Crippen LogP contribution in [-0.4, -0.2) is 53.6 Å². The van der Waals surface area contributed by atoms with Crippen LogP contribution in [0.3, 0.4) is 0 Å². The van der Waals surface area contributed by atoms with E-state index in [0.717, 1.165) is 11.1 Å². The zero-order chi connectivity index (χ0) is 20.6. The van der Waals surface area contributed by atoms with E-state index in [0.29, 0.717) is 29.2 Å². The summed E-state index contributed by atoms with van der Waals surface area (Å²) in [5, 5.41) is 23.2. The minimum absolute atomic E-state index is 0.00668. The highest BCUT2D eigenvalue weighted by Crippen LogP contribution is 2.30. The molecule has 0 bridgehead atoms. The summed E-state index contributed by atoms with van der Waals surface area (Å²) < 4.78 is 8.80. The second-order valence-corrected chi connectivity index (χ2v) is 7.31.